The molecule has 1 aromatic carbocycles. The summed E-state index contributed by atoms with van der Waals surface area (Å²) in [5.74, 6) is -4.37. The number of amides is 1. The lowest BCUT2D eigenvalue weighted by Crippen LogP contribution is -2.27. The minimum atomic E-state index is -1.56. The number of nitrogens with one attached hydrogen (secondary N) is 1. The zero-order valence-electron chi connectivity index (χ0n) is 13.4. The topological polar surface area (TPSA) is 45.2 Å². The number of aromatic nitrogens is 1. The molecule has 1 aromatic heterocycles. The van der Waals surface area contributed by atoms with Gasteiger partial charge in [0, 0.05) is 19.8 Å². The molecule has 0 unspecified atom stereocenters. The molecule has 0 aliphatic heterocycles. The second-order valence-corrected chi connectivity index (χ2v) is 5.39. The molecule has 0 saturated heterocycles. The molecule has 1 heterocycles. The molecule has 0 spiro atoms. The molecule has 24 heavy (non-hydrogen) atoms. The highest BCUT2D eigenvalue weighted by Crippen LogP contribution is 2.23. The summed E-state index contributed by atoms with van der Waals surface area (Å²) >= 11 is 0. The Balaban J connectivity index is 2.19. The Morgan fingerprint density at radius 2 is 1.96 bits per heavy atom. The number of nitrogens with zero attached hydrogens (tertiary/aromatic N) is 2. The van der Waals surface area contributed by atoms with Crippen LogP contribution in [0.3, 0.4) is 0 Å². The third-order valence-electron chi connectivity index (χ3n) is 3.49. The summed E-state index contributed by atoms with van der Waals surface area (Å²) in [6.07, 6.45) is 4.61. The SMILES string of the molecule is CCCCN(C)C(=O)c1cncc(Nc2ccc(F)c(F)c2F)c1. The Hall–Kier alpha value is -2.57. The molecular weight excluding hydrogens is 319 g/mol. The summed E-state index contributed by atoms with van der Waals surface area (Å²) in [6, 6.07) is 3.38. The van der Waals surface area contributed by atoms with E-state index in [1.165, 1.54) is 18.5 Å². The van der Waals surface area contributed by atoms with Crippen molar-refractivity contribution in [2.24, 2.45) is 0 Å². The van der Waals surface area contributed by atoms with Gasteiger partial charge in [-0.05, 0) is 24.6 Å². The van der Waals surface area contributed by atoms with Gasteiger partial charge in [0.15, 0.2) is 17.5 Å². The molecule has 0 bridgehead atoms. The quantitative estimate of drug-likeness (QED) is 0.807. The number of carbonyl (C=O) groups excluding carboxylic acids is 1. The van der Waals surface area contributed by atoms with Gasteiger partial charge in [-0.15, -0.1) is 0 Å². The normalized spacial score (nSPS) is 10.5. The molecule has 128 valence electrons. The van der Waals surface area contributed by atoms with Crippen molar-refractivity contribution in [2.45, 2.75) is 19.8 Å². The summed E-state index contributed by atoms with van der Waals surface area (Å²) < 4.78 is 39.9. The fourth-order valence-corrected chi connectivity index (χ4v) is 2.12. The number of anilines is 2. The number of halogens is 3. The van der Waals surface area contributed by atoms with E-state index >= 15 is 0 Å². The van der Waals surface area contributed by atoms with Gasteiger partial charge in [0.05, 0.1) is 23.1 Å². The summed E-state index contributed by atoms with van der Waals surface area (Å²) in [5, 5.41) is 2.60. The fraction of sp³-hybridized carbons (Fsp3) is 0.294. The van der Waals surface area contributed by atoms with E-state index in [-0.39, 0.29) is 11.6 Å². The van der Waals surface area contributed by atoms with Crippen LogP contribution in [-0.4, -0.2) is 29.4 Å². The first-order valence-electron chi connectivity index (χ1n) is 7.55. The third-order valence-corrected chi connectivity index (χ3v) is 3.49. The Morgan fingerprint density at radius 1 is 1.21 bits per heavy atom. The molecular formula is C17H18F3N3O. The summed E-state index contributed by atoms with van der Waals surface area (Å²) in [4.78, 5) is 17.8. The lowest BCUT2D eigenvalue weighted by Gasteiger charge is -2.17. The molecule has 1 N–H and O–H groups in total. The van der Waals surface area contributed by atoms with E-state index in [0.717, 1.165) is 25.0 Å². The Morgan fingerprint density at radius 3 is 2.67 bits per heavy atom. The number of hydrogen-bond acceptors (Lipinski definition) is 3. The van der Waals surface area contributed by atoms with Crippen molar-refractivity contribution < 1.29 is 18.0 Å². The van der Waals surface area contributed by atoms with Crippen molar-refractivity contribution in [2.75, 3.05) is 18.9 Å². The second kappa shape index (κ2) is 7.81. The number of pyridine rings is 1. The first kappa shape index (κ1) is 17.8. The molecule has 0 atom stereocenters. The highest BCUT2D eigenvalue weighted by atomic mass is 19.2. The van der Waals surface area contributed by atoms with Crippen LogP contribution in [0, 0.1) is 17.5 Å². The van der Waals surface area contributed by atoms with E-state index in [2.05, 4.69) is 10.3 Å². The highest BCUT2D eigenvalue weighted by molar-refractivity contribution is 5.94. The van der Waals surface area contributed by atoms with Crippen molar-refractivity contribution >= 4 is 17.3 Å². The Labute approximate surface area is 138 Å². The van der Waals surface area contributed by atoms with Gasteiger partial charge in [-0.25, -0.2) is 13.2 Å². The maximum Gasteiger partial charge on any atom is 0.255 e. The van der Waals surface area contributed by atoms with E-state index < -0.39 is 17.5 Å². The largest absolute Gasteiger partial charge is 0.352 e. The first-order valence-corrected chi connectivity index (χ1v) is 7.55. The van der Waals surface area contributed by atoms with Crippen LogP contribution >= 0.6 is 0 Å². The van der Waals surface area contributed by atoms with Crippen molar-refractivity contribution in [1.29, 1.82) is 0 Å². The van der Waals surface area contributed by atoms with Gasteiger partial charge < -0.3 is 10.2 Å². The molecule has 2 rings (SSSR count). The predicted molar refractivity (Wildman–Crippen MR) is 85.7 cm³/mol. The minimum absolute atomic E-state index is 0.217. The number of benzene rings is 1. The van der Waals surface area contributed by atoms with Crippen LogP contribution in [0.1, 0.15) is 30.1 Å². The molecule has 0 saturated carbocycles. The molecule has 1 amide bonds. The van der Waals surface area contributed by atoms with Crippen molar-refractivity contribution in [3.8, 4) is 0 Å². The van der Waals surface area contributed by atoms with Crippen LogP contribution < -0.4 is 5.32 Å². The summed E-state index contributed by atoms with van der Waals surface area (Å²) in [5.41, 5.74) is 0.385. The number of rotatable bonds is 6. The summed E-state index contributed by atoms with van der Waals surface area (Å²) in [6.45, 7) is 2.64. The number of unbranched alkanes of at least 4 members (excludes halogenated alkanes) is 1. The van der Waals surface area contributed by atoms with Crippen molar-refractivity contribution in [3.05, 3.63) is 53.6 Å². The monoisotopic (exact) mass is 337 g/mol. The summed E-state index contributed by atoms with van der Waals surface area (Å²) in [7, 11) is 1.69. The second-order valence-electron chi connectivity index (χ2n) is 5.39. The minimum Gasteiger partial charge on any atom is -0.352 e. The van der Waals surface area contributed by atoms with Crippen molar-refractivity contribution in [1.82, 2.24) is 9.88 Å². The Bertz CT molecular complexity index is 737. The maximum atomic E-state index is 13.7. The molecule has 0 fully saturated rings. The lowest BCUT2D eigenvalue weighted by atomic mass is 10.2. The van der Waals surface area contributed by atoms with E-state index in [1.54, 1.807) is 11.9 Å². The zero-order chi connectivity index (χ0) is 17.7. The molecule has 0 aliphatic carbocycles. The average molecular weight is 337 g/mol. The molecule has 0 radical (unpaired) electrons. The molecule has 4 nitrogen and oxygen atoms in total. The number of carbonyl (C=O) groups is 1. The van der Waals surface area contributed by atoms with Gasteiger partial charge in [0.2, 0.25) is 0 Å². The standard InChI is InChI=1S/C17H18F3N3O/c1-3-4-7-23(2)17(24)11-8-12(10-21-9-11)22-14-6-5-13(18)15(19)16(14)20/h5-6,8-10,22H,3-4,7H2,1-2H3. The van der Waals surface area contributed by atoms with Crippen LogP contribution in [0.4, 0.5) is 24.5 Å². The van der Waals surface area contributed by atoms with Crippen LogP contribution in [0.5, 0.6) is 0 Å². The zero-order valence-corrected chi connectivity index (χ0v) is 13.4. The van der Waals surface area contributed by atoms with Gasteiger partial charge in [0.25, 0.3) is 5.91 Å². The van der Waals surface area contributed by atoms with Gasteiger partial charge in [0.1, 0.15) is 0 Å². The predicted octanol–water partition coefficient (Wildman–Crippen LogP) is 4.11. The van der Waals surface area contributed by atoms with Gasteiger partial charge >= 0.3 is 0 Å². The third kappa shape index (κ3) is 4.04. The average Bonchev–Trinajstić information content (AvgIpc) is 2.59. The van der Waals surface area contributed by atoms with Gasteiger partial charge in [-0.2, -0.15) is 0 Å². The molecule has 2 aromatic rings. The highest BCUT2D eigenvalue weighted by Gasteiger charge is 2.15. The fourth-order valence-electron chi connectivity index (χ4n) is 2.12. The van der Waals surface area contributed by atoms with E-state index in [4.69, 9.17) is 0 Å². The van der Waals surface area contributed by atoms with Crippen LogP contribution in [0.15, 0.2) is 30.6 Å². The van der Waals surface area contributed by atoms with Crippen LogP contribution in [0.2, 0.25) is 0 Å². The number of hydrogen-bond donors (Lipinski definition) is 1. The van der Waals surface area contributed by atoms with E-state index in [9.17, 15) is 18.0 Å². The van der Waals surface area contributed by atoms with Gasteiger partial charge in [-0.3, -0.25) is 9.78 Å². The Kier molecular flexibility index (Phi) is 5.78. The first-order chi connectivity index (χ1) is 11.4. The maximum absolute atomic E-state index is 13.7. The van der Waals surface area contributed by atoms with Gasteiger partial charge in [-0.1, -0.05) is 13.3 Å². The van der Waals surface area contributed by atoms with Crippen molar-refractivity contribution in [3.63, 3.8) is 0 Å². The smallest absolute Gasteiger partial charge is 0.255 e. The lowest BCUT2D eigenvalue weighted by molar-refractivity contribution is 0.0793. The van der Waals surface area contributed by atoms with E-state index in [1.807, 2.05) is 6.92 Å². The van der Waals surface area contributed by atoms with E-state index in [0.29, 0.717) is 17.8 Å². The molecule has 0 aliphatic rings. The van der Waals surface area contributed by atoms with Crippen LogP contribution in [-0.2, 0) is 0 Å². The molecule has 7 heteroatoms. The van der Waals surface area contributed by atoms with Crippen LogP contribution in [0.25, 0.3) is 0 Å².